The molecule has 8 nitrogen and oxygen atoms in total. The number of thiazole rings is 1. The van der Waals surface area contributed by atoms with Crippen molar-refractivity contribution in [2.24, 2.45) is 5.73 Å². The minimum Gasteiger partial charge on any atom is -0.374 e. The van der Waals surface area contributed by atoms with Crippen LogP contribution in [-0.4, -0.2) is 44.8 Å². The van der Waals surface area contributed by atoms with Gasteiger partial charge in [-0.1, -0.05) is 30.3 Å². The molecular weight excluding hydrogens is 448 g/mol. The summed E-state index contributed by atoms with van der Waals surface area (Å²) in [5.41, 5.74) is 7.09. The molecule has 0 aliphatic rings. The number of carbonyl (C=O) groups excluding carboxylic acids is 1. The summed E-state index contributed by atoms with van der Waals surface area (Å²) >= 11 is 1.42. The van der Waals surface area contributed by atoms with Gasteiger partial charge in [-0.05, 0) is 37.6 Å². The van der Waals surface area contributed by atoms with Crippen LogP contribution in [0.2, 0.25) is 0 Å². The number of amides is 1. The normalized spacial score (nSPS) is 13.2. The van der Waals surface area contributed by atoms with Gasteiger partial charge in [0, 0.05) is 7.05 Å². The molecule has 0 fully saturated rings. The predicted octanol–water partition coefficient (Wildman–Crippen LogP) is 2.80. The van der Waals surface area contributed by atoms with Crippen LogP contribution in [0.5, 0.6) is 0 Å². The highest BCUT2D eigenvalue weighted by atomic mass is 32.2. The Morgan fingerprint density at radius 2 is 1.94 bits per heavy atom. The van der Waals surface area contributed by atoms with Crippen molar-refractivity contribution < 1.29 is 17.9 Å². The minimum absolute atomic E-state index is 0.215. The number of fused-ring (bicyclic) bond motifs is 1. The number of benzene rings is 2. The minimum atomic E-state index is -3.39. The zero-order valence-corrected chi connectivity index (χ0v) is 20.2. The first-order chi connectivity index (χ1) is 14.9. The maximum absolute atomic E-state index is 12.6. The molecule has 10 heteroatoms. The average molecular weight is 477 g/mol. The topological polar surface area (TPSA) is 115 Å². The monoisotopic (exact) mass is 476 g/mol. The van der Waals surface area contributed by atoms with E-state index in [1.54, 1.807) is 26.0 Å². The fraction of sp³-hybridized carbons (Fsp3) is 0.364. The van der Waals surface area contributed by atoms with Gasteiger partial charge in [-0.15, -0.1) is 11.3 Å². The molecule has 3 N–H and O–H groups in total. The summed E-state index contributed by atoms with van der Waals surface area (Å²) in [5, 5.41) is 3.59. The Labute approximate surface area is 192 Å². The van der Waals surface area contributed by atoms with Crippen molar-refractivity contribution in [3.05, 3.63) is 59.1 Å². The molecule has 1 aromatic heterocycles. The van der Waals surface area contributed by atoms with Gasteiger partial charge in [-0.2, -0.15) is 0 Å². The fourth-order valence-corrected chi connectivity index (χ4v) is 4.34. The van der Waals surface area contributed by atoms with Crippen LogP contribution in [0.4, 0.5) is 5.69 Å². The second-order valence-corrected chi connectivity index (χ2v) is 11.3. The summed E-state index contributed by atoms with van der Waals surface area (Å²) in [7, 11) is -1.89. The molecule has 0 saturated heterocycles. The summed E-state index contributed by atoms with van der Waals surface area (Å²) in [6.07, 6.45) is 1.15. The van der Waals surface area contributed by atoms with Crippen molar-refractivity contribution in [2.75, 3.05) is 24.2 Å². The highest BCUT2D eigenvalue weighted by molar-refractivity contribution is 7.92. The molecule has 0 radical (unpaired) electrons. The molecule has 0 saturated carbocycles. The van der Waals surface area contributed by atoms with Crippen molar-refractivity contribution in [1.29, 1.82) is 0 Å². The van der Waals surface area contributed by atoms with Crippen molar-refractivity contribution in [3.63, 3.8) is 0 Å². The second kappa shape index (κ2) is 9.53. The van der Waals surface area contributed by atoms with Crippen LogP contribution in [0.3, 0.4) is 0 Å². The molecule has 0 unspecified atom stereocenters. The van der Waals surface area contributed by atoms with Crippen LogP contribution in [0.1, 0.15) is 30.5 Å². The molecule has 0 aliphatic heterocycles. The Morgan fingerprint density at radius 3 is 2.56 bits per heavy atom. The molecular formula is C22H28N4O4S2. The van der Waals surface area contributed by atoms with E-state index >= 15 is 0 Å². The molecule has 3 rings (SSSR count). The number of hydrogen-bond donors (Lipinski definition) is 2. The summed E-state index contributed by atoms with van der Waals surface area (Å²) in [6.45, 7) is 3.88. The Bertz CT molecular complexity index is 1190. The lowest BCUT2D eigenvalue weighted by Gasteiger charge is -2.23. The third kappa shape index (κ3) is 6.04. The first-order valence-corrected chi connectivity index (χ1v) is 12.7. The third-order valence-electron chi connectivity index (χ3n) is 4.83. The number of nitrogens with one attached hydrogen (secondary N) is 1. The Balaban J connectivity index is 1.85. The Hall–Kier alpha value is -2.53. The van der Waals surface area contributed by atoms with E-state index in [1.807, 2.05) is 36.4 Å². The number of aromatic nitrogens is 1. The summed E-state index contributed by atoms with van der Waals surface area (Å²) < 4.78 is 31.7. The van der Waals surface area contributed by atoms with E-state index in [-0.39, 0.29) is 12.5 Å². The van der Waals surface area contributed by atoms with Crippen LogP contribution in [0.15, 0.2) is 48.5 Å². The molecule has 1 heterocycles. The van der Waals surface area contributed by atoms with Crippen LogP contribution >= 0.6 is 11.3 Å². The van der Waals surface area contributed by atoms with Gasteiger partial charge >= 0.3 is 0 Å². The molecule has 1 atom stereocenters. The summed E-state index contributed by atoms with van der Waals surface area (Å²) in [4.78, 5) is 17.2. The predicted molar refractivity (Wildman–Crippen MR) is 128 cm³/mol. The van der Waals surface area contributed by atoms with Gasteiger partial charge in [0.05, 0.1) is 40.9 Å². The molecule has 1 amide bonds. The number of sulfonamides is 1. The number of ether oxygens (including phenoxy) is 1. The van der Waals surface area contributed by atoms with Crippen LogP contribution in [-0.2, 0) is 26.2 Å². The first-order valence-electron chi connectivity index (χ1n) is 10.0. The highest BCUT2D eigenvalue weighted by Gasteiger charge is 2.27. The van der Waals surface area contributed by atoms with Gasteiger partial charge < -0.3 is 15.8 Å². The fourth-order valence-electron chi connectivity index (χ4n) is 2.86. The summed E-state index contributed by atoms with van der Waals surface area (Å²) in [6, 6.07) is 14.5. The molecule has 0 bridgehead atoms. The number of anilines is 1. The van der Waals surface area contributed by atoms with E-state index in [0.29, 0.717) is 22.8 Å². The van der Waals surface area contributed by atoms with E-state index < -0.39 is 21.6 Å². The molecule has 32 heavy (non-hydrogen) atoms. The van der Waals surface area contributed by atoms with E-state index in [2.05, 4.69) is 10.3 Å². The maximum atomic E-state index is 12.6. The lowest BCUT2D eigenvalue weighted by molar-refractivity contribution is -0.126. The van der Waals surface area contributed by atoms with E-state index in [0.717, 1.165) is 16.5 Å². The molecule has 3 aromatic rings. The van der Waals surface area contributed by atoms with Crippen molar-refractivity contribution in [2.45, 2.75) is 32.0 Å². The number of nitrogens with two attached hydrogens (primary N) is 1. The van der Waals surface area contributed by atoms with Gasteiger partial charge in [-0.25, -0.2) is 13.4 Å². The lowest BCUT2D eigenvalue weighted by atomic mass is 10.1. The largest absolute Gasteiger partial charge is 0.374 e. The lowest BCUT2D eigenvalue weighted by Crippen LogP contribution is -2.50. The maximum Gasteiger partial charge on any atom is 0.240 e. The third-order valence-corrected chi connectivity index (χ3v) is 7.19. The number of rotatable bonds is 9. The smallest absolute Gasteiger partial charge is 0.240 e. The summed E-state index contributed by atoms with van der Waals surface area (Å²) in [5.74, 6) is -0.317. The van der Waals surface area contributed by atoms with Gasteiger partial charge in [0.1, 0.15) is 11.0 Å². The highest BCUT2D eigenvalue weighted by Crippen LogP contribution is 2.30. The number of hydrogen-bond acceptors (Lipinski definition) is 7. The zero-order chi connectivity index (χ0) is 23.5. The van der Waals surface area contributed by atoms with Crippen molar-refractivity contribution in [3.8, 4) is 0 Å². The second-order valence-electron chi connectivity index (χ2n) is 8.18. The Morgan fingerprint density at radius 1 is 1.25 bits per heavy atom. The van der Waals surface area contributed by atoms with E-state index in [9.17, 15) is 13.2 Å². The van der Waals surface area contributed by atoms with Gasteiger partial charge in [-0.3, -0.25) is 9.10 Å². The van der Waals surface area contributed by atoms with Gasteiger partial charge in [0.2, 0.25) is 15.9 Å². The molecule has 0 aliphatic carbocycles. The molecule has 0 spiro atoms. The molecule has 172 valence electrons. The van der Waals surface area contributed by atoms with E-state index in [1.165, 1.54) is 22.7 Å². The number of nitrogens with zero attached hydrogens (tertiary/aromatic N) is 2. The van der Waals surface area contributed by atoms with Crippen molar-refractivity contribution in [1.82, 2.24) is 10.3 Å². The van der Waals surface area contributed by atoms with Crippen molar-refractivity contribution >= 4 is 43.2 Å². The van der Waals surface area contributed by atoms with E-state index in [4.69, 9.17) is 10.5 Å². The van der Waals surface area contributed by atoms with Crippen LogP contribution < -0.4 is 15.4 Å². The van der Waals surface area contributed by atoms with Gasteiger partial charge in [0.15, 0.2) is 0 Å². The average Bonchev–Trinajstić information content (AvgIpc) is 3.15. The van der Waals surface area contributed by atoms with Crippen LogP contribution in [0.25, 0.3) is 10.2 Å². The van der Waals surface area contributed by atoms with Crippen LogP contribution in [0, 0.1) is 0 Å². The SMILES string of the molecule is CN(c1ccc2sc([C@@H](COCc3ccccc3)NC(=O)C(C)(C)N)nc2c1)S(C)(=O)=O. The first kappa shape index (κ1) is 24.1. The number of carbonyl (C=O) groups is 1. The molecule has 2 aromatic carbocycles. The Kier molecular flexibility index (Phi) is 7.19. The van der Waals surface area contributed by atoms with Gasteiger partial charge in [0.25, 0.3) is 0 Å². The standard InChI is InChI=1S/C22H28N4O4S2/c1-22(2,23)21(27)25-18(14-30-13-15-8-6-5-7-9-15)20-24-17-12-16(10-11-19(17)31-20)26(3)32(4,28)29/h5-12,18H,13-14,23H2,1-4H3,(H,25,27)/t18-/m1/s1. The zero-order valence-electron chi connectivity index (χ0n) is 18.5. The quantitative estimate of drug-likeness (QED) is 0.491.